The molecule has 2 N–H and O–H groups in total. The molecule has 0 aliphatic rings. The maximum absolute atomic E-state index is 5.67. The molecule has 16 heavy (non-hydrogen) atoms. The third-order valence-electron chi connectivity index (χ3n) is 2.37. The Morgan fingerprint density at radius 2 is 2.31 bits per heavy atom. The number of imidazole rings is 1. The topological polar surface area (TPSA) is 53.1 Å². The van der Waals surface area contributed by atoms with Crippen LogP contribution in [0, 0.1) is 6.92 Å². The SMILES string of the molecule is Cc1cc(N)ccc1OCCn1ccnc1. The first kappa shape index (κ1) is 10.5. The summed E-state index contributed by atoms with van der Waals surface area (Å²) >= 11 is 0. The molecule has 0 bridgehead atoms. The molecule has 0 aliphatic heterocycles. The van der Waals surface area contributed by atoms with Crippen LogP contribution < -0.4 is 10.5 Å². The van der Waals surface area contributed by atoms with Crippen molar-refractivity contribution in [3.63, 3.8) is 0 Å². The molecule has 0 spiro atoms. The Kier molecular flexibility index (Phi) is 3.10. The van der Waals surface area contributed by atoms with E-state index in [1.54, 1.807) is 12.5 Å². The fourth-order valence-electron chi connectivity index (χ4n) is 1.51. The molecule has 4 nitrogen and oxygen atoms in total. The predicted molar refractivity (Wildman–Crippen MR) is 63.3 cm³/mol. The van der Waals surface area contributed by atoms with Gasteiger partial charge in [-0.15, -0.1) is 0 Å². The van der Waals surface area contributed by atoms with Gasteiger partial charge in [0.1, 0.15) is 12.4 Å². The fraction of sp³-hybridized carbons (Fsp3) is 0.250. The summed E-state index contributed by atoms with van der Waals surface area (Å²) in [5.41, 5.74) is 7.49. The van der Waals surface area contributed by atoms with Crippen LogP contribution in [-0.2, 0) is 6.54 Å². The summed E-state index contributed by atoms with van der Waals surface area (Å²) in [5, 5.41) is 0. The quantitative estimate of drug-likeness (QED) is 0.795. The van der Waals surface area contributed by atoms with E-state index in [9.17, 15) is 0 Å². The van der Waals surface area contributed by atoms with Crippen molar-refractivity contribution in [3.05, 3.63) is 42.5 Å². The summed E-state index contributed by atoms with van der Waals surface area (Å²) in [7, 11) is 0. The second-order valence-corrected chi connectivity index (χ2v) is 3.67. The van der Waals surface area contributed by atoms with Crippen LogP contribution >= 0.6 is 0 Å². The molecule has 0 unspecified atom stereocenters. The van der Waals surface area contributed by atoms with E-state index in [0.717, 1.165) is 23.5 Å². The first-order valence-corrected chi connectivity index (χ1v) is 5.20. The second kappa shape index (κ2) is 4.70. The number of benzene rings is 1. The highest BCUT2D eigenvalue weighted by atomic mass is 16.5. The average Bonchev–Trinajstić information content (AvgIpc) is 2.74. The van der Waals surface area contributed by atoms with E-state index >= 15 is 0 Å². The summed E-state index contributed by atoms with van der Waals surface area (Å²) in [6.07, 6.45) is 5.45. The third kappa shape index (κ3) is 2.53. The first-order chi connectivity index (χ1) is 7.75. The van der Waals surface area contributed by atoms with Gasteiger partial charge in [0.15, 0.2) is 0 Å². The molecule has 1 aromatic carbocycles. The van der Waals surface area contributed by atoms with Crippen LogP contribution in [0.15, 0.2) is 36.9 Å². The van der Waals surface area contributed by atoms with Gasteiger partial charge in [-0.05, 0) is 30.7 Å². The Balaban J connectivity index is 1.90. The molecule has 0 fully saturated rings. The van der Waals surface area contributed by atoms with Crippen molar-refractivity contribution < 1.29 is 4.74 Å². The van der Waals surface area contributed by atoms with Crippen molar-refractivity contribution in [3.8, 4) is 5.75 Å². The monoisotopic (exact) mass is 217 g/mol. The molecule has 0 saturated carbocycles. The third-order valence-corrected chi connectivity index (χ3v) is 2.37. The molecule has 0 saturated heterocycles. The van der Waals surface area contributed by atoms with Crippen molar-refractivity contribution in [2.75, 3.05) is 12.3 Å². The van der Waals surface area contributed by atoms with Crippen LogP contribution in [0.5, 0.6) is 5.75 Å². The lowest BCUT2D eigenvalue weighted by Crippen LogP contribution is -2.07. The van der Waals surface area contributed by atoms with Crippen LogP contribution in [-0.4, -0.2) is 16.2 Å². The van der Waals surface area contributed by atoms with Crippen molar-refractivity contribution in [2.45, 2.75) is 13.5 Å². The zero-order chi connectivity index (χ0) is 11.4. The zero-order valence-electron chi connectivity index (χ0n) is 9.26. The van der Waals surface area contributed by atoms with Crippen LogP contribution in [0.2, 0.25) is 0 Å². The summed E-state index contributed by atoms with van der Waals surface area (Å²) in [4.78, 5) is 3.97. The fourth-order valence-corrected chi connectivity index (χ4v) is 1.51. The van der Waals surface area contributed by atoms with Gasteiger partial charge in [0.2, 0.25) is 0 Å². The molecule has 2 rings (SSSR count). The van der Waals surface area contributed by atoms with E-state index < -0.39 is 0 Å². The number of nitrogens with zero attached hydrogens (tertiary/aromatic N) is 2. The van der Waals surface area contributed by atoms with Gasteiger partial charge in [-0.25, -0.2) is 4.98 Å². The van der Waals surface area contributed by atoms with Gasteiger partial charge in [-0.3, -0.25) is 0 Å². The minimum atomic E-state index is 0.626. The highest BCUT2D eigenvalue weighted by Gasteiger charge is 1.99. The Hall–Kier alpha value is -1.97. The Morgan fingerprint density at radius 1 is 1.44 bits per heavy atom. The molecular weight excluding hydrogens is 202 g/mol. The summed E-state index contributed by atoms with van der Waals surface area (Å²) in [6, 6.07) is 5.66. The molecule has 4 heteroatoms. The summed E-state index contributed by atoms with van der Waals surface area (Å²) in [6.45, 7) is 3.41. The predicted octanol–water partition coefficient (Wildman–Crippen LogP) is 1.85. The number of ether oxygens (including phenoxy) is 1. The first-order valence-electron chi connectivity index (χ1n) is 5.20. The van der Waals surface area contributed by atoms with Gasteiger partial charge in [-0.2, -0.15) is 0 Å². The van der Waals surface area contributed by atoms with E-state index in [0.29, 0.717) is 6.61 Å². The number of nitrogens with two attached hydrogens (primary N) is 1. The molecule has 84 valence electrons. The van der Waals surface area contributed by atoms with Gasteiger partial charge >= 0.3 is 0 Å². The molecule has 0 atom stereocenters. The van der Waals surface area contributed by atoms with E-state index in [4.69, 9.17) is 10.5 Å². The summed E-state index contributed by atoms with van der Waals surface area (Å²) in [5.74, 6) is 0.884. The number of hydrogen-bond acceptors (Lipinski definition) is 3. The maximum Gasteiger partial charge on any atom is 0.122 e. The maximum atomic E-state index is 5.67. The van der Waals surface area contributed by atoms with Crippen LogP contribution in [0.25, 0.3) is 0 Å². The molecular formula is C12H15N3O. The number of aromatic nitrogens is 2. The lowest BCUT2D eigenvalue weighted by atomic mass is 10.2. The van der Waals surface area contributed by atoms with Crippen LogP contribution in [0.3, 0.4) is 0 Å². The minimum absolute atomic E-state index is 0.626. The number of rotatable bonds is 4. The lowest BCUT2D eigenvalue weighted by Gasteiger charge is -2.09. The number of hydrogen-bond donors (Lipinski definition) is 1. The molecule has 1 heterocycles. The van der Waals surface area contributed by atoms with Gasteiger partial charge in [0, 0.05) is 18.1 Å². The normalized spacial score (nSPS) is 10.3. The minimum Gasteiger partial charge on any atom is -0.491 e. The molecule has 0 aliphatic carbocycles. The number of aryl methyl sites for hydroxylation is 1. The molecule has 0 amide bonds. The van der Waals surface area contributed by atoms with Gasteiger partial charge in [-0.1, -0.05) is 0 Å². The number of anilines is 1. The number of nitrogen functional groups attached to an aromatic ring is 1. The van der Waals surface area contributed by atoms with Gasteiger partial charge < -0.3 is 15.0 Å². The highest BCUT2D eigenvalue weighted by molar-refractivity contribution is 5.47. The van der Waals surface area contributed by atoms with Crippen molar-refractivity contribution in [2.24, 2.45) is 0 Å². The zero-order valence-corrected chi connectivity index (χ0v) is 9.26. The Labute approximate surface area is 94.7 Å². The second-order valence-electron chi connectivity index (χ2n) is 3.67. The Bertz CT molecular complexity index is 451. The van der Waals surface area contributed by atoms with E-state index in [1.807, 2.05) is 35.9 Å². The van der Waals surface area contributed by atoms with E-state index in [-0.39, 0.29) is 0 Å². The van der Waals surface area contributed by atoms with Crippen molar-refractivity contribution in [1.82, 2.24) is 9.55 Å². The molecule has 2 aromatic rings. The van der Waals surface area contributed by atoms with E-state index in [2.05, 4.69) is 4.98 Å². The molecule has 1 aromatic heterocycles. The van der Waals surface area contributed by atoms with Crippen LogP contribution in [0.1, 0.15) is 5.56 Å². The smallest absolute Gasteiger partial charge is 0.122 e. The van der Waals surface area contributed by atoms with E-state index in [1.165, 1.54) is 0 Å². The van der Waals surface area contributed by atoms with Crippen molar-refractivity contribution in [1.29, 1.82) is 0 Å². The molecule has 0 radical (unpaired) electrons. The Morgan fingerprint density at radius 3 is 3.00 bits per heavy atom. The van der Waals surface area contributed by atoms with Crippen LogP contribution in [0.4, 0.5) is 5.69 Å². The largest absolute Gasteiger partial charge is 0.491 e. The van der Waals surface area contributed by atoms with Crippen molar-refractivity contribution >= 4 is 5.69 Å². The van der Waals surface area contributed by atoms with Gasteiger partial charge in [0.25, 0.3) is 0 Å². The highest BCUT2D eigenvalue weighted by Crippen LogP contribution is 2.19. The van der Waals surface area contributed by atoms with Gasteiger partial charge in [0.05, 0.1) is 12.9 Å². The standard InChI is InChI=1S/C12H15N3O/c1-10-8-11(13)2-3-12(10)16-7-6-15-5-4-14-9-15/h2-5,8-9H,6-7,13H2,1H3. The lowest BCUT2D eigenvalue weighted by molar-refractivity contribution is 0.296. The average molecular weight is 217 g/mol. The summed E-state index contributed by atoms with van der Waals surface area (Å²) < 4.78 is 7.64.